The number of hydrogen-bond donors (Lipinski definition) is 1. The zero-order valence-electron chi connectivity index (χ0n) is 13.1. The summed E-state index contributed by atoms with van der Waals surface area (Å²) in [4.78, 5) is 16.4. The summed E-state index contributed by atoms with van der Waals surface area (Å²) in [6, 6.07) is 11.5. The van der Waals surface area contributed by atoms with Crippen molar-refractivity contribution in [3.8, 4) is 0 Å². The Labute approximate surface area is 135 Å². The fourth-order valence-electron chi connectivity index (χ4n) is 2.81. The number of nitrogens with zero attached hydrogens (tertiary/aromatic N) is 4. The Bertz CT molecular complexity index is 653. The molecule has 1 aliphatic heterocycles. The van der Waals surface area contributed by atoms with Gasteiger partial charge in [-0.1, -0.05) is 18.2 Å². The summed E-state index contributed by atoms with van der Waals surface area (Å²) < 4.78 is 0. The fraction of sp³-hybridized carbons (Fsp3) is 0.353. The van der Waals surface area contributed by atoms with Crippen LogP contribution in [-0.4, -0.2) is 47.2 Å². The van der Waals surface area contributed by atoms with Crippen LogP contribution in [-0.2, 0) is 11.2 Å². The number of benzene rings is 1. The van der Waals surface area contributed by atoms with Gasteiger partial charge in [0.05, 0.1) is 0 Å². The Balaban J connectivity index is 1.50. The van der Waals surface area contributed by atoms with Crippen LogP contribution in [0.3, 0.4) is 0 Å². The average molecular weight is 311 g/mol. The van der Waals surface area contributed by atoms with Gasteiger partial charge >= 0.3 is 0 Å². The van der Waals surface area contributed by atoms with Gasteiger partial charge in [0.1, 0.15) is 0 Å². The van der Waals surface area contributed by atoms with Crippen LogP contribution in [0.2, 0.25) is 0 Å². The van der Waals surface area contributed by atoms with Crippen LogP contribution in [0.1, 0.15) is 12.0 Å². The second-order valence-corrected chi connectivity index (χ2v) is 5.65. The number of rotatable bonds is 4. The number of nitrogen functional groups attached to an aromatic ring is 1. The highest BCUT2D eigenvalue weighted by atomic mass is 16.2. The van der Waals surface area contributed by atoms with E-state index in [0.29, 0.717) is 12.8 Å². The fourth-order valence-corrected chi connectivity index (χ4v) is 2.81. The Morgan fingerprint density at radius 1 is 1.09 bits per heavy atom. The van der Waals surface area contributed by atoms with E-state index >= 15 is 0 Å². The number of carbonyl (C=O) groups excluding carboxylic acids is 1. The number of hydrogen-bond acceptors (Lipinski definition) is 5. The first-order valence-corrected chi connectivity index (χ1v) is 7.88. The summed E-state index contributed by atoms with van der Waals surface area (Å²) in [6.45, 7) is 3.02. The summed E-state index contributed by atoms with van der Waals surface area (Å²) in [7, 11) is 0. The summed E-state index contributed by atoms with van der Waals surface area (Å²) in [5.41, 5.74) is 7.72. The van der Waals surface area contributed by atoms with Gasteiger partial charge in [0.2, 0.25) is 5.91 Å². The molecule has 120 valence electrons. The number of anilines is 2. The Morgan fingerprint density at radius 2 is 1.87 bits per heavy atom. The van der Waals surface area contributed by atoms with Gasteiger partial charge in [-0.2, -0.15) is 5.10 Å². The molecule has 0 saturated carbocycles. The zero-order chi connectivity index (χ0) is 16.1. The SMILES string of the molecule is Nc1ccccc1CCC(=O)N1CCN(c2cccnn2)CC1. The van der Waals surface area contributed by atoms with Crippen molar-refractivity contribution >= 4 is 17.4 Å². The number of para-hydroxylation sites is 1. The van der Waals surface area contributed by atoms with Gasteiger partial charge in [-0.25, -0.2) is 0 Å². The number of piperazine rings is 1. The van der Waals surface area contributed by atoms with Gasteiger partial charge in [0.15, 0.2) is 5.82 Å². The van der Waals surface area contributed by atoms with Gasteiger partial charge in [-0.15, -0.1) is 5.10 Å². The summed E-state index contributed by atoms with van der Waals surface area (Å²) in [5.74, 6) is 1.06. The molecule has 0 atom stereocenters. The molecule has 1 aliphatic rings. The first kappa shape index (κ1) is 15.3. The molecule has 1 aromatic heterocycles. The Hall–Kier alpha value is -2.63. The molecule has 0 spiro atoms. The zero-order valence-corrected chi connectivity index (χ0v) is 13.1. The lowest BCUT2D eigenvalue weighted by Crippen LogP contribution is -2.49. The maximum Gasteiger partial charge on any atom is 0.223 e. The molecule has 1 amide bonds. The van der Waals surface area contributed by atoms with Crippen LogP contribution in [0.15, 0.2) is 42.6 Å². The van der Waals surface area contributed by atoms with Crippen molar-refractivity contribution in [1.82, 2.24) is 15.1 Å². The normalized spacial score (nSPS) is 14.8. The smallest absolute Gasteiger partial charge is 0.223 e. The number of aryl methyl sites for hydroxylation is 1. The molecular weight excluding hydrogens is 290 g/mol. The van der Waals surface area contributed by atoms with Gasteiger partial charge in [-0.3, -0.25) is 4.79 Å². The summed E-state index contributed by atoms with van der Waals surface area (Å²) >= 11 is 0. The van der Waals surface area contributed by atoms with Crippen LogP contribution >= 0.6 is 0 Å². The quantitative estimate of drug-likeness (QED) is 0.862. The summed E-state index contributed by atoms with van der Waals surface area (Å²) in [5, 5.41) is 8.02. The molecule has 6 nitrogen and oxygen atoms in total. The van der Waals surface area contributed by atoms with Crippen molar-refractivity contribution in [1.29, 1.82) is 0 Å². The molecule has 1 fully saturated rings. The molecule has 0 radical (unpaired) electrons. The van der Waals surface area contributed by atoms with E-state index in [-0.39, 0.29) is 5.91 Å². The van der Waals surface area contributed by atoms with E-state index in [9.17, 15) is 4.79 Å². The third-order valence-electron chi connectivity index (χ3n) is 4.18. The highest BCUT2D eigenvalue weighted by Gasteiger charge is 2.21. The van der Waals surface area contributed by atoms with Crippen LogP contribution in [0.25, 0.3) is 0 Å². The number of carbonyl (C=O) groups is 1. The minimum atomic E-state index is 0.187. The van der Waals surface area contributed by atoms with Crippen molar-refractivity contribution in [2.45, 2.75) is 12.8 Å². The molecule has 6 heteroatoms. The van der Waals surface area contributed by atoms with Crippen molar-refractivity contribution in [2.24, 2.45) is 0 Å². The van der Waals surface area contributed by atoms with Crippen molar-refractivity contribution in [3.05, 3.63) is 48.2 Å². The molecule has 2 N–H and O–H groups in total. The molecule has 2 heterocycles. The third kappa shape index (κ3) is 3.77. The van der Waals surface area contributed by atoms with E-state index in [1.54, 1.807) is 6.20 Å². The summed E-state index contributed by atoms with van der Waals surface area (Å²) in [6.07, 6.45) is 2.85. The van der Waals surface area contributed by atoms with Gasteiger partial charge < -0.3 is 15.5 Å². The lowest BCUT2D eigenvalue weighted by atomic mass is 10.1. The minimum absolute atomic E-state index is 0.187. The third-order valence-corrected chi connectivity index (χ3v) is 4.18. The van der Waals surface area contributed by atoms with E-state index in [1.807, 2.05) is 41.3 Å². The molecular formula is C17H21N5O. The molecule has 0 unspecified atom stereocenters. The molecule has 23 heavy (non-hydrogen) atoms. The van der Waals surface area contributed by atoms with Crippen LogP contribution in [0, 0.1) is 0 Å². The predicted octanol–water partition coefficient (Wildman–Crippen LogP) is 1.34. The molecule has 2 aromatic rings. The second-order valence-electron chi connectivity index (χ2n) is 5.65. The van der Waals surface area contributed by atoms with Gasteiger partial charge in [0.25, 0.3) is 0 Å². The molecule has 0 bridgehead atoms. The molecule has 1 saturated heterocycles. The monoisotopic (exact) mass is 311 g/mol. The lowest BCUT2D eigenvalue weighted by Gasteiger charge is -2.35. The van der Waals surface area contributed by atoms with Crippen LogP contribution in [0.5, 0.6) is 0 Å². The van der Waals surface area contributed by atoms with E-state index in [0.717, 1.165) is 43.2 Å². The van der Waals surface area contributed by atoms with Crippen molar-refractivity contribution in [2.75, 3.05) is 36.8 Å². The highest BCUT2D eigenvalue weighted by Crippen LogP contribution is 2.15. The van der Waals surface area contributed by atoms with Gasteiger partial charge in [-0.05, 0) is 30.2 Å². The Kier molecular flexibility index (Phi) is 4.71. The molecule has 3 rings (SSSR count). The van der Waals surface area contributed by atoms with Gasteiger partial charge in [0, 0.05) is 44.5 Å². The standard InChI is InChI=1S/C17H21N5O/c18-15-5-2-1-4-14(15)7-8-17(23)22-12-10-21(11-13-22)16-6-3-9-19-20-16/h1-6,9H,7-8,10-13,18H2. The minimum Gasteiger partial charge on any atom is -0.399 e. The highest BCUT2D eigenvalue weighted by molar-refractivity contribution is 5.77. The van der Waals surface area contributed by atoms with Crippen LogP contribution < -0.4 is 10.6 Å². The van der Waals surface area contributed by atoms with E-state index in [4.69, 9.17) is 5.73 Å². The van der Waals surface area contributed by atoms with E-state index in [2.05, 4.69) is 15.1 Å². The number of amides is 1. The van der Waals surface area contributed by atoms with E-state index < -0.39 is 0 Å². The maximum atomic E-state index is 12.4. The van der Waals surface area contributed by atoms with E-state index in [1.165, 1.54) is 0 Å². The van der Waals surface area contributed by atoms with Crippen LogP contribution in [0.4, 0.5) is 11.5 Å². The molecule has 1 aromatic carbocycles. The first-order valence-electron chi connectivity index (χ1n) is 7.88. The largest absolute Gasteiger partial charge is 0.399 e. The maximum absolute atomic E-state index is 12.4. The topological polar surface area (TPSA) is 75.4 Å². The number of aromatic nitrogens is 2. The second kappa shape index (κ2) is 7.09. The first-order chi connectivity index (χ1) is 11.2. The number of nitrogens with two attached hydrogens (primary N) is 1. The average Bonchev–Trinajstić information content (AvgIpc) is 2.62. The predicted molar refractivity (Wildman–Crippen MR) is 90.0 cm³/mol. The molecule has 0 aliphatic carbocycles. The van der Waals surface area contributed by atoms with Crippen molar-refractivity contribution < 1.29 is 4.79 Å². The lowest BCUT2D eigenvalue weighted by molar-refractivity contribution is -0.131. The Morgan fingerprint density at radius 3 is 2.57 bits per heavy atom. The van der Waals surface area contributed by atoms with Crippen molar-refractivity contribution in [3.63, 3.8) is 0 Å².